The van der Waals surface area contributed by atoms with Crippen molar-refractivity contribution < 1.29 is 4.74 Å². The quantitative estimate of drug-likeness (QED) is 0.830. The summed E-state index contributed by atoms with van der Waals surface area (Å²) in [6.45, 7) is 6.60. The smallest absolute Gasteiger partial charge is 0.123 e. The monoisotopic (exact) mass is 289 g/mol. The second-order valence-corrected chi connectivity index (χ2v) is 6.21. The fourth-order valence-electron chi connectivity index (χ4n) is 2.39. The number of aryl methyl sites for hydroxylation is 1. The van der Waals surface area contributed by atoms with E-state index in [2.05, 4.69) is 50.4 Å². The van der Waals surface area contributed by atoms with Crippen molar-refractivity contribution in [3.63, 3.8) is 0 Å². The van der Waals surface area contributed by atoms with Crippen molar-refractivity contribution >= 4 is 11.3 Å². The second-order valence-electron chi connectivity index (χ2n) is 5.01. The lowest BCUT2D eigenvalue weighted by Crippen LogP contribution is -2.22. The highest BCUT2D eigenvalue weighted by Crippen LogP contribution is 2.29. The number of benzene rings is 1. The summed E-state index contributed by atoms with van der Waals surface area (Å²) >= 11 is 1.89. The van der Waals surface area contributed by atoms with Gasteiger partial charge in [0.25, 0.3) is 0 Å². The summed E-state index contributed by atoms with van der Waals surface area (Å²) in [6.07, 6.45) is 1.11. The molecule has 0 aliphatic rings. The molecule has 0 amide bonds. The molecule has 2 nitrogen and oxygen atoms in total. The molecule has 108 valence electrons. The van der Waals surface area contributed by atoms with E-state index in [9.17, 15) is 0 Å². The number of rotatable bonds is 6. The zero-order valence-corrected chi connectivity index (χ0v) is 13.5. The molecule has 2 atom stereocenters. The van der Waals surface area contributed by atoms with Crippen LogP contribution in [0, 0.1) is 0 Å². The molecule has 1 heterocycles. The molecule has 0 aliphatic heterocycles. The van der Waals surface area contributed by atoms with Crippen LogP contribution in [0.4, 0.5) is 0 Å². The van der Waals surface area contributed by atoms with E-state index in [1.54, 1.807) is 7.11 Å². The van der Waals surface area contributed by atoms with Gasteiger partial charge in [0.2, 0.25) is 0 Å². The maximum absolute atomic E-state index is 5.44. The third kappa shape index (κ3) is 3.41. The average molecular weight is 289 g/mol. The molecule has 0 aliphatic carbocycles. The molecule has 3 heteroatoms. The number of hydrogen-bond acceptors (Lipinski definition) is 3. The Hall–Kier alpha value is -1.32. The summed E-state index contributed by atoms with van der Waals surface area (Å²) in [5.41, 5.74) is 1.20. The largest absolute Gasteiger partial charge is 0.496 e. The highest BCUT2D eigenvalue weighted by atomic mass is 32.1. The summed E-state index contributed by atoms with van der Waals surface area (Å²) in [7, 11) is 1.72. The summed E-state index contributed by atoms with van der Waals surface area (Å²) < 4.78 is 5.44. The van der Waals surface area contributed by atoms with E-state index in [4.69, 9.17) is 4.74 Å². The van der Waals surface area contributed by atoms with Crippen LogP contribution in [0.5, 0.6) is 5.75 Å². The molecule has 0 saturated carbocycles. The fraction of sp³-hybridized carbons (Fsp3) is 0.412. The Labute approximate surface area is 125 Å². The highest BCUT2D eigenvalue weighted by molar-refractivity contribution is 7.12. The molecule has 1 aromatic heterocycles. The predicted octanol–water partition coefficient (Wildman–Crippen LogP) is 4.73. The molecule has 0 bridgehead atoms. The van der Waals surface area contributed by atoms with Crippen LogP contribution in [0.1, 0.15) is 48.2 Å². The van der Waals surface area contributed by atoms with E-state index < -0.39 is 0 Å². The topological polar surface area (TPSA) is 21.3 Å². The molecule has 2 unspecified atom stereocenters. The van der Waals surface area contributed by atoms with Crippen LogP contribution in [0.3, 0.4) is 0 Å². The van der Waals surface area contributed by atoms with Gasteiger partial charge in [0, 0.05) is 27.4 Å². The van der Waals surface area contributed by atoms with Crippen LogP contribution in [-0.2, 0) is 6.42 Å². The standard InChI is InChI=1S/C17H23NOS/c1-5-14-10-11-17(20-14)13(3)18-12(2)15-8-6-7-9-16(15)19-4/h6-13,18H,5H2,1-4H3. The number of para-hydroxylation sites is 1. The first-order chi connectivity index (χ1) is 9.65. The van der Waals surface area contributed by atoms with Crippen LogP contribution in [0.2, 0.25) is 0 Å². The van der Waals surface area contributed by atoms with Gasteiger partial charge in [0.05, 0.1) is 7.11 Å². The molecule has 1 aromatic carbocycles. The number of nitrogens with one attached hydrogen (secondary N) is 1. The number of hydrogen-bond donors (Lipinski definition) is 1. The van der Waals surface area contributed by atoms with Crippen molar-refractivity contribution in [3.05, 3.63) is 51.7 Å². The number of methoxy groups -OCH3 is 1. The SMILES string of the molecule is CCc1ccc(C(C)NC(C)c2ccccc2OC)s1. The van der Waals surface area contributed by atoms with Crippen LogP contribution in [-0.4, -0.2) is 7.11 Å². The van der Waals surface area contributed by atoms with Crippen molar-refractivity contribution in [2.45, 2.75) is 39.3 Å². The molecule has 2 rings (SSSR count). The van der Waals surface area contributed by atoms with Gasteiger partial charge >= 0.3 is 0 Å². The number of thiophene rings is 1. The summed E-state index contributed by atoms with van der Waals surface area (Å²) in [5.74, 6) is 0.945. The summed E-state index contributed by atoms with van der Waals surface area (Å²) in [5, 5.41) is 3.65. The van der Waals surface area contributed by atoms with E-state index in [1.807, 2.05) is 23.5 Å². The molecule has 0 radical (unpaired) electrons. The Bertz CT molecular complexity index is 549. The van der Waals surface area contributed by atoms with E-state index in [-0.39, 0.29) is 6.04 Å². The van der Waals surface area contributed by atoms with Crippen molar-refractivity contribution in [1.29, 1.82) is 0 Å². The lowest BCUT2D eigenvalue weighted by Gasteiger charge is -2.21. The summed E-state index contributed by atoms with van der Waals surface area (Å²) in [4.78, 5) is 2.84. The first kappa shape index (κ1) is 15.1. The van der Waals surface area contributed by atoms with Gasteiger partial charge in [-0.15, -0.1) is 11.3 Å². The molecule has 1 N–H and O–H groups in total. The van der Waals surface area contributed by atoms with Gasteiger partial charge in [-0.1, -0.05) is 25.1 Å². The van der Waals surface area contributed by atoms with Gasteiger partial charge in [-0.3, -0.25) is 0 Å². The van der Waals surface area contributed by atoms with E-state index in [0.29, 0.717) is 6.04 Å². The van der Waals surface area contributed by atoms with Crippen molar-refractivity contribution in [1.82, 2.24) is 5.32 Å². The molecular formula is C17H23NOS. The fourth-order valence-corrected chi connectivity index (χ4v) is 3.35. The first-order valence-corrected chi connectivity index (χ1v) is 7.95. The summed E-state index contributed by atoms with van der Waals surface area (Å²) in [6, 6.07) is 13.3. The van der Waals surface area contributed by atoms with Crippen LogP contribution in [0.15, 0.2) is 36.4 Å². The van der Waals surface area contributed by atoms with Gasteiger partial charge < -0.3 is 10.1 Å². The third-order valence-electron chi connectivity index (χ3n) is 3.56. The highest BCUT2D eigenvalue weighted by Gasteiger charge is 2.15. The number of ether oxygens (including phenoxy) is 1. The molecule has 0 saturated heterocycles. The zero-order chi connectivity index (χ0) is 14.5. The van der Waals surface area contributed by atoms with Crippen LogP contribution < -0.4 is 10.1 Å². The molecular weight excluding hydrogens is 266 g/mol. The zero-order valence-electron chi connectivity index (χ0n) is 12.6. The minimum absolute atomic E-state index is 0.258. The Morgan fingerprint density at radius 2 is 1.85 bits per heavy atom. The van der Waals surface area contributed by atoms with Crippen molar-refractivity contribution in [2.75, 3.05) is 7.11 Å². The Balaban J connectivity index is 2.08. The normalized spacial score (nSPS) is 14.0. The second kappa shape index (κ2) is 6.91. The predicted molar refractivity (Wildman–Crippen MR) is 86.7 cm³/mol. The van der Waals surface area contributed by atoms with Gasteiger partial charge in [-0.2, -0.15) is 0 Å². The average Bonchev–Trinajstić information content (AvgIpc) is 2.96. The molecule has 2 aromatic rings. The minimum atomic E-state index is 0.258. The van der Waals surface area contributed by atoms with Crippen LogP contribution in [0.25, 0.3) is 0 Å². The van der Waals surface area contributed by atoms with Gasteiger partial charge in [-0.25, -0.2) is 0 Å². The van der Waals surface area contributed by atoms with E-state index in [0.717, 1.165) is 12.2 Å². The lowest BCUT2D eigenvalue weighted by molar-refractivity contribution is 0.397. The van der Waals surface area contributed by atoms with Gasteiger partial charge in [0.15, 0.2) is 0 Å². The first-order valence-electron chi connectivity index (χ1n) is 7.13. The molecule has 0 fully saturated rings. The van der Waals surface area contributed by atoms with Gasteiger partial charge in [-0.05, 0) is 38.5 Å². The molecule has 0 spiro atoms. The minimum Gasteiger partial charge on any atom is -0.496 e. The van der Waals surface area contributed by atoms with Crippen molar-refractivity contribution in [3.8, 4) is 5.75 Å². The van der Waals surface area contributed by atoms with E-state index in [1.165, 1.54) is 15.3 Å². The Morgan fingerprint density at radius 3 is 2.50 bits per heavy atom. The maximum Gasteiger partial charge on any atom is 0.123 e. The Kier molecular flexibility index (Phi) is 5.21. The van der Waals surface area contributed by atoms with Crippen molar-refractivity contribution in [2.24, 2.45) is 0 Å². The van der Waals surface area contributed by atoms with Gasteiger partial charge in [0.1, 0.15) is 5.75 Å². The lowest BCUT2D eigenvalue weighted by atomic mass is 10.1. The third-order valence-corrected chi connectivity index (χ3v) is 4.98. The van der Waals surface area contributed by atoms with E-state index >= 15 is 0 Å². The molecule has 20 heavy (non-hydrogen) atoms. The maximum atomic E-state index is 5.44. The Morgan fingerprint density at radius 1 is 1.10 bits per heavy atom. The van der Waals surface area contributed by atoms with Crippen LogP contribution >= 0.6 is 11.3 Å².